The summed E-state index contributed by atoms with van der Waals surface area (Å²) in [6, 6.07) is 12.2. The van der Waals surface area contributed by atoms with E-state index >= 15 is 0 Å². The number of hydrogen-bond acceptors (Lipinski definition) is 3. The maximum Gasteiger partial charge on any atom is 0.0725 e. The van der Waals surface area contributed by atoms with E-state index in [1.807, 2.05) is 49.6 Å². The molecule has 0 bridgehead atoms. The fraction of sp³-hybridized carbons (Fsp3) is 0.154. The maximum absolute atomic E-state index is 5.61. The van der Waals surface area contributed by atoms with Gasteiger partial charge in [0.25, 0.3) is 0 Å². The summed E-state index contributed by atoms with van der Waals surface area (Å²) < 4.78 is 0. The first-order chi connectivity index (χ1) is 7.81. The molecule has 1 aromatic heterocycles. The van der Waals surface area contributed by atoms with E-state index in [-0.39, 0.29) is 6.04 Å². The van der Waals surface area contributed by atoms with Gasteiger partial charge >= 0.3 is 0 Å². The van der Waals surface area contributed by atoms with Crippen LogP contribution in [0.4, 0.5) is 0 Å². The Labute approximate surface area is 95.3 Å². The van der Waals surface area contributed by atoms with Crippen LogP contribution in [0.5, 0.6) is 0 Å². The zero-order valence-electron chi connectivity index (χ0n) is 9.22. The number of benzene rings is 1. The number of aromatic nitrogens is 1. The summed E-state index contributed by atoms with van der Waals surface area (Å²) in [5.41, 5.74) is 6.17. The van der Waals surface area contributed by atoms with E-state index in [1.54, 1.807) is 0 Å². The van der Waals surface area contributed by atoms with E-state index in [0.29, 0.717) is 0 Å². The molecule has 0 aliphatic heterocycles. The monoisotopic (exact) mass is 213 g/mol. The number of pyridine rings is 1. The summed E-state index contributed by atoms with van der Waals surface area (Å²) >= 11 is 0. The van der Waals surface area contributed by atoms with E-state index < -0.39 is 0 Å². The lowest BCUT2D eigenvalue weighted by Gasteiger charge is -2.16. The lowest BCUT2D eigenvalue weighted by Crippen LogP contribution is -2.28. The average Bonchev–Trinajstić information content (AvgIpc) is 2.31. The van der Waals surface area contributed by atoms with Crippen LogP contribution >= 0.6 is 0 Å². The van der Waals surface area contributed by atoms with E-state index in [4.69, 9.17) is 5.84 Å². The molecule has 1 unspecified atom stereocenters. The van der Waals surface area contributed by atoms with Crippen LogP contribution in [0.2, 0.25) is 0 Å². The fourth-order valence-corrected chi connectivity index (χ4v) is 1.77. The molecule has 0 radical (unpaired) electrons. The van der Waals surface area contributed by atoms with Crippen LogP contribution in [0.1, 0.15) is 22.7 Å². The highest BCUT2D eigenvalue weighted by molar-refractivity contribution is 5.31. The molecule has 16 heavy (non-hydrogen) atoms. The molecule has 1 heterocycles. The smallest absolute Gasteiger partial charge is 0.0725 e. The highest BCUT2D eigenvalue weighted by Crippen LogP contribution is 2.20. The summed E-state index contributed by atoms with van der Waals surface area (Å²) in [5, 5.41) is 0. The highest BCUT2D eigenvalue weighted by atomic mass is 15.2. The van der Waals surface area contributed by atoms with Gasteiger partial charge in [-0.1, -0.05) is 36.4 Å². The Morgan fingerprint density at radius 3 is 2.50 bits per heavy atom. The lowest BCUT2D eigenvalue weighted by molar-refractivity contribution is 0.634. The van der Waals surface area contributed by atoms with Crippen molar-refractivity contribution in [3.63, 3.8) is 0 Å². The molecule has 2 rings (SSSR count). The largest absolute Gasteiger partial charge is 0.271 e. The van der Waals surface area contributed by atoms with Gasteiger partial charge in [-0.25, -0.2) is 5.43 Å². The number of nitrogens with two attached hydrogens (primary N) is 1. The predicted molar refractivity (Wildman–Crippen MR) is 64.6 cm³/mol. The van der Waals surface area contributed by atoms with Crippen LogP contribution in [-0.4, -0.2) is 4.98 Å². The Bertz CT molecular complexity index is 454. The number of nitrogens with one attached hydrogen (secondary N) is 1. The minimum absolute atomic E-state index is 0.00593. The van der Waals surface area contributed by atoms with Crippen molar-refractivity contribution in [1.29, 1.82) is 0 Å². The first-order valence-corrected chi connectivity index (χ1v) is 5.24. The molecule has 1 aromatic carbocycles. The van der Waals surface area contributed by atoms with Crippen molar-refractivity contribution in [1.82, 2.24) is 10.4 Å². The second-order valence-corrected chi connectivity index (χ2v) is 3.81. The lowest BCUT2D eigenvalue weighted by atomic mass is 10.00. The van der Waals surface area contributed by atoms with Gasteiger partial charge < -0.3 is 0 Å². The van der Waals surface area contributed by atoms with Gasteiger partial charge in [-0.05, 0) is 23.6 Å². The summed E-state index contributed by atoms with van der Waals surface area (Å²) in [6.45, 7) is 2.02. The molecule has 0 aliphatic carbocycles. The van der Waals surface area contributed by atoms with Crippen molar-refractivity contribution in [2.24, 2.45) is 5.84 Å². The third-order valence-electron chi connectivity index (χ3n) is 2.53. The van der Waals surface area contributed by atoms with Crippen molar-refractivity contribution in [3.8, 4) is 0 Å². The Morgan fingerprint density at radius 2 is 1.88 bits per heavy atom. The van der Waals surface area contributed by atoms with Gasteiger partial charge in [-0.3, -0.25) is 10.8 Å². The van der Waals surface area contributed by atoms with E-state index in [2.05, 4.69) is 16.5 Å². The normalized spacial score (nSPS) is 12.4. The molecule has 2 aromatic rings. The Balaban J connectivity index is 2.37. The maximum atomic E-state index is 5.61. The summed E-state index contributed by atoms with van der Waals surface area (Å²) in [6.07, 6.45) is 3.67. The van der Waals surface area contributed by atoms with E-state index in [1.165, 1.54) is 0 Å². The zero-order chi connectivity index (χ0) is 11.4. The average molecular weight is 213 g/mol. The SMILES string of the molecule is Cc1cncc(C(NN)c2ccccc2)c1. The van der Waals surface area contributed by atoms with Gasteiger partial charge in [0.2, 0.25) is 0 Å². The minimum atomic E-state index is -0.00593. The topological polar surface area (TPSA) is 50.9 Å². The summed E-state index contributed by atoms with van der Waals surface area (Å²) in [7, 11) is 0. The molecule has 0 fully saturated rings. The quantitative estimate of drug-likeness (QED) is 0.605. The van der Waals surface area contributed by atoms with Gasteiger partial charge in [-0.15, -0.1) is 0 Å². The van der Waals surface area contributed by atoms with Crippen molar-refractivity contribution >= 4 is 0 Å². The fourth-order valence-electron chi connectivity index (χ4n) is 1.77. The van der Waals surface area contributed by atoms with Crippen LogP contribution in [0.3, 0.4) is 0 Å². The zero-order valence-corrected chi connectivity index (χ0v) is 9.22. The number of hydrazine groups is 1. The van der Waals surface area contributed by atoms with Crippen molar-refractivity contribution in [3.05, 3.63) is 65.5 Å². The molecule has 0 amide bonds. The number of rotatable bonds is 3. The van der Waals surface area contributed by atoms with Crippen LogP contribution in [-0.2, 0) is 0 Å². The molecule has 0 saturated heterocycles. The third-order valence-corrected chi connectivity index (χ3v) is 2.53. The second-order valence-electron chi connectivity index (χ2n) is 3.81. The molecule has 3 heteroatoms. The number of nitrogens with zero attached hydrogens (tertiary/aromatic N) is 1. The summed E-state index contributed by atoms with van der Waals surface area (Å²) in [4.78, 5) is 4.18. The third kappa shape index (κ3) is 2.27. The molecular weight excluding hydrogens is 198 g/mol. The van der Waals surface area contributed by atoms with Crippen LogP contribution < -0.4 is 11.3 Å². The van der Waals surface area contributed by atoms with Crippen molar-refractivity contribution < 1.29 is 0 Å². The van der Waals surface area contributed by atoms with Gasteiger partial charge in [0.05, 0.1) is 6.04 Å². The minimum Gasteiger partial charge on any atom is -0.271 e. The van der Waals surface area contributed by atoms with Crippen molar-refractivity contribution in [2.75, 3.05) is 0 Å². The Kier molecular flexibility index (Phi) is 3.29. The second kappa shape index (κ2) is 4.88. The first kappa shape index (κ1) is 10.8. The molecule has 82 valence electrons. The molecule has 3 N–H and O–H groups in total. The van der Waals surface area contributed by atoms with Crippen LogP contribution in [0.25, 0.3) is 0 Å². The molecule has 0 aliphatic rings. The Hall–Kier alpha value is -1.71. The number of hydrogen-bond donors (Lipinski definition) is 2. The highest BCUT2D eigenvalue weighted by Gasteiger charge is 2.11. The molecular formula is C13H15N3. The first-order valence-electron chi connectivity index (χ1n) is 5.24. The van der Waals surface area contributed by atoms with Crippen LogP contribution in [0.15, 0.2) is 48.8 Å². The molecule has 0 spiro atoms. The molecule has 3 nitrogen and oxygen atoms in total. The van der Waals surface area contributed by atoms with Gasteiger partial charge in [-0.2, -0.15) is 0 Å². The molecule has 0 saturated carbocycles. The van der Waals surface area contributed by atoms with E-state index in [9.17, 15) is 0 Å². The standard InChI is InChI=1S/C13H15N3/c1-10-7-12(9-15-8-10)13(16-14)11-5-3-2-4-6-11/h2-9,13,16H,14H2,1H3. The van der Waals surface area contributed by atoms with Gasteiger partial charge in [0, 0.05) is 12.4 Å². The van der Waals surface area contributed by atoms with Crippen LogP contribution in [0, 0.1) is 6.92 Å². The van der Waals surface area contributed by atoms with Crippen molar-refractivity contribution in [2.45, 2.75) is 13.0 Å². The Morgan fingerprint density at radius 1 is 1.12 bits per heavy atom. The summed E-state index contributed by atoms with van der Waals surface area (Å²) in [5.74, 6) is 5.61. The van der Waals surface area contributed by atoms with Gasteiger partial charge in [0.15, 0.2) is 0 Å². The number of aryl methyl sites for hydroxylation is 1. The van der Waals surface area contributed by atoms with Gasteiger partial charge in [0.1, 0.15) is 0 Å². The molecule has 1 atom stereocenters. The van der Waals surface area contributed by atoms with E-state index in [0.717, 1.165) is 16.7 Å². The predicted octanol–water partition coefficient (Wildman–Crippen LogP) is 1.94.